The molecule has 0 bridgehead atoms. The Bertz CT molecular complexity index is 1140. The summed E-state index contributed by atoms with van der Waals surface area (Å²) >= 11 is 0. The summed E-state index contributed by atoms with van der Waals surface area (Å²) in [7, 11) is 1.48. The third-order valence-electron chi connectivity index (χ3n) is 6.85. The highest BCUT2D eigenvalue weighted by atomic mass is 16.6. The maximum Gasteiger partial charge on any atom is 0.341 e. The van der Waals surface area contributed by atoms with Gasteiger partial charge in [-0.25, -0.2) is 9.59 Å². The third-order valence-corrected chi connectivity index (χ3v) is 6.85. The predicted octanol–water partition coefficient (Wildman–Crippen LogP) is 5.34. The molecular formula is C30H36O7. The molecule has 3 rings (SSSR count). The Kier molecular flexibility index (Phi) is 10.1. The number of carbonyl (C=O) groups excluding carboxylic acids is 2. The van der Waals surface area contributed by atoms with Crippen molar-refractivity contribution in [3.05, 3.63) is 66.3 Å². The highest BCUT2D eigenvalue weighted by Gasteiger charge is 2.26. The van der Waals surface area contributed by atoms with Crippen molar-refractivity contribution >= 4 is 11.9 Å². The lowest BCUT2D eigenvalue weighted by Crippen LogP contribution is -2.17. The molecule has 0 heterocycles. The Morgan fingerprint density at radius 2 is 1.38 bits per heavy atom. The monoisotopic (exact) mass is 508 g/mol. The number of aliphatic hydroxyl groups is 2. The van der Waals surface area contributed by atoms with Gasteiger partial charge < -0.3 is 24.4 Å². The maximum absolute atomic E-state index is 12.4. The molecule has 7 heteroatoms. The minimum absolute atomic E-state index is 0.000400. The second-order valence-corrected chi connectivity index (χ2v) is 9.43. The van der Waals surface area contributed by atoms with E-state index in [1.54, 1.807) is 18.2 Å². The summed E-state index contributed by atoms with van der Waals surface area (Å²) in [5, 5.41) is 18.4. The van der Waals surface area contributed by atoms with Crippen molar-refractivity contribution in [2.45, 2.75) is 51.4 Å². The Morgan fingerprint density at radius 1 is 0.838 bits per heavy atom. The van der Waals surface area contributed by atoms with Crippen LogP contribution < -0.4 is 14.2 Å². The maximum atomic E-state index is 12.4. The smallest absolute Gasteiger partial charge is 0.341 e. The zero-order valence-electron chi connectivity index (χ0n) is 21.6. The molecule has 7 nitrogen and oxygen atoms in total. The van der Waals surface area contributed by atoms with Gasteiger partial charge in [-0.1, -0.05) is 45.1 Å². The summed E-state index contributed by atoms with van der Waals surface area (Å²) < 4.78 is 16.4. The molecule has 1 saturated carbocycles. The van der Waals surface area contributed by atoms with Crippen molar-refractivity contribution < 1.29 is 34.0 Å². The van der Waals surface area contributed by atoms with Crippen molar-refractivity contribution in [3.8, 4) is 28.4 Å². The molecule has 1 fully saturated rings. The van der Waals surface area contributed by atoms with Crippen LogP contribution in [-0.4, -0.2) is 42.5 Å². The summed E-state index contributed by atoms with van der Waals surface area (Å²) in [6, 6.07) is 10.9. The first-order valence-corrected chi connectivity index (χ1v) is 12.6. The van der Waals surface area contributed by atoms with E-state index in [1.807, 2.05) is 18.2 Å². The SMILES string of the molecule is C=C(CO)C(=O)Oc1ccc(-c2ccc(OC(=O)C(=C)CO)c(C3CCC(CCC)CC3)c2)cc1OC. The molecule has 0 amide bonds. The second-order valence-electron chi connectivity index (χ2n) is 9.43. The van der Waals surface area contributed by atoms with Crippen LogP contribution in [0, 0.1) is 5.92 Å². The van der Waals surface area contributed by atoms with Crippen LogP contribution in [0.2, 0.25) is 0 Å². The Balaban J connectivity index is 1.94. The van der Waals surface area contributed by atoms with Crippen molar-refractivity contribution in [2.75, 3.05) is 20.3 Å². The van der Waals surface area contributed by atoms with Crippen molar-refractivity contribution in [2.24, 2.45) is 5.92 Å². The van der Waals surface area contributed by atoms with Crippen molar-refractivity contribution in [1.82, 2.24) is 0 Å². The van der Waals surface area contributed by atoms with Crippen LogP contribution in [0.15, 0.2) is 60.7 Å². The van der Waals surface area contributed by atoms with E-state index in [2.05, 4.69) is 20.1 Å². The van der Waals surface area contributed by atoms with Crippen LogP contribution in [-0.2, 0) is 9.59 Å². The molecule has 2 N–H and O–H groups in total. The van der Waals surface area contributed by atoms with Crippen LogP contribution in [0.1, 0.15) is 56.9 Å². The van der Waals surface area contributed by atoms with Gasteiger partial charge in [-0.2, -0.15) is 0 Å². The largest absolute Gasteiger partial charge is 0.493 e. The Hall–Kier alpha value is -3.42. The topological polar surface area (TPSA) is 102 Å². The minimum atomic E-state index is -0.731. The van der Waals surface area contributed by atoms with Crippen LogP contribution >= 0.6 is 0 Å². The van der Waals surface area contributed by atoms with E-state index < -0.39 is 25.2 Å². The van der Waals surface area contributed by atoms with E-state index in [0.717, 1.165) is 48.3 Å². The molecule has 0 aliphatic heterocycles. The molecule has 198 valence electrons. The molecule has 0 saturated heterocycles. The molecule has 0 atom stereocenters. The van der Waals surface area contributed by atoms with Gasteiger partial charge in [-0.15, -0.1) is 0 Å². The first kappa shape index (κ1) is 28.2. The lowest BCUT2D eigenvalue weighted by Gasteiger charge is -2.30. The van der Waals surface area contributed by atoms with E-state index in [9.17, 15) is 14.7 Å². The number of benzene rings is 2. The number of hydrogen-bond donors (Lipinski definition) is 2. The summed E-state index contributed by atoms with van der Waals surface area (Å²) in [6.07, 6.45) is 6.68. The van der Waals surface area contributed by atoms with Gasteiger partial charge in [0.2, 0.25) is 0 Å². The fourth-order valence-corrected chi connectivity index (χ4v) is 4.72. The van der Waals surface area contributed by atoms with Crippen LogP contribution in [0.3, 0.4) is 0 Å². The van der Waals surface area contributed by atoms with Gasteiger partial charge >= 0.3 is 11.9 Å². The number of hydrogen-bond acceptors (Lipinski definition) is 7. The lowest BCUT2D eigenvalue weighted by molar-refractivity contribution is -0.131. The molecule has 1 aliphatic rings. The van der Waals surface area contributed by atoms with Gasteiger partial charge in [0.1, 0.15) is 5.75 Å². The average Bonchev–Trinajstić information content (AvgIpc) is 2.93. The third kappa shape index (κ3) is 7.08. The van der Waals surface area contributed by atoms with E-state index in [1.165, 1.54) is 20.0 Å². The summed E-state index contributed by atoms with van der Waals surface area (Å²) in [5.74, 6) is 0.637. The number of esters is 2. The van der Waals surface area contributed by atoms with E-state index >= 15 is 0 Å². The van der Waals surface area contributed by atoms with Crippen LogP contribution in [0.25, 0.3) is 11.1 Å². The van der Waals surface area contributed by atoms with Crippen molar-refractivity contribution in [3.63, 3.8) is 0 Å². The first-order valence-electron chi connectivity index (χ1n) is 12.6. The summed E-state index contributed by atoms with van der Waals surface area (Å²) in [6.45, 7) is 8.32. The molecule has 2 aromatic rings. The van der Waals surface area contributed by atoms with Crippen LogP contribution in [0.5, 0.6) is 17.2 Å². The number of rotatable bonds is 11. The molecule has 0 unspecified atom stereocenters. The number of methoxy groups -OCH3 is 1. The van der Waals surface area contributed by atoms with Gasteiger partial charge in [-0.3, -0.25) is 0 Å². The van der Waals surface area contributed by atoms with E-state index in [4.69, 9.17) is 19.3 Å². The lowest BCUT2D eigenvalue weighted by atomic mass is 9.76. The van der Waals surface area contributed by atoms with E-state index in [0.29, 0.717) is 11.5 Å². The fourth-order valence-electron chi connectivity index (χ4n) is 4.72. The number of aliphatic hydroxyl groups excluding tert-OH is 2. The molecular weight excluding hydrogens is 472 g/mol. The van der Waals surface area contributed by atoms with Gasteiger partial charge in [0, 0.05) is 0 Å². The first-order chi connectivity index (χ1) is 17.8. The normalized spacial score (nSPS) is 17.1. The average molecular weight is 509 g/mol. The number of ether oxygens (including phenoxy) is 3. The summed E-state index contributed by atoms with van der Waals surface area (Å²) in [4.78, 5) is 24.4. The van der Waals surface area contributed by atoms with Gasteiger partial charge in [0.05, 0.1) is 31.5 Å². The van der Waals surface area contributed by atoms with E-state index in [-0.39, 0.29) is 22.8 Å². The standard InChI is InChI=1S/C30H36O7/c1-5-6-21-7-9-22(10-8-21)25-15-23(11-13-26(25)36-29(33)19(2)17-31)24-12-14-27(28(16-24)35-4)37-30(34)20(3)18-32/h11-16,21-22,31-32H,2-3,5-10,17-18H2,1,4H3. The quantitative estimate of drug-likeness (QED) is 0.240. The highest BCUT2D eigenvalue weighted by Crippen LogP contribution is 2.43. The molecule has 0 aromatic heterocycles. The second kappa shape index (κ2) is 13.2. The van der Waals surface area contributed by atoms with Gasteiger partial charge in [0.15, 0.2) is 11.5 Å². The van der Waals surface area contributed by atoms with Crippen LogP contribution in [0.4, 0.5) is 0 Å². The molecule has 0 radical (unpaired) electrons. The Labute approximate surface area is 218 Å². The summed E-state index contributed by atoms with van der Waals surface area (Å²) in [5.41, 5.74) is 2.61. The number of carbonyl (C=O) groups is 2. The van der Waals surface area contributed by atoms with Gasteiger partial charge in [0.25, 0.3) is 0 Å². The minimum Gasteiger partial charge on any atom is -0.493 e. The van der Waals surface area contributed by atoms with Gasteiger partial charge in [-0.05, 0) is 78.5 Å². The Morgan fingerprint density at radius 3 is 1.92 bits per heavy atom. The molecule has 2 aromatic carbocycles. The molecule has 1 aliphatic carbocycles. The zero-order chi connectivity index (χ0) is 26.9. The highest BCUT2D eigenvalue weighted by molar-refractivity contribution is 5.90. The zero-order valence-corrected chi connectivity index (χ0v) is 21.6. The fraction of sp³-hybridized carbons (Fsp3) is 0.400. The van der Waals surface area contributed by atoms with Crippen molar-refractivity contribution in [1.29, 1.82) is 0 Å². The molecule has 0 spiro atoms. The predicted molar refractivity (Wildman–Crippen MR) is 142 cm³/mol. The molecule has 37 heavy (non-hydrogen) atoms.